The third-order valence-corrected chi connectivity index (χ3v) is 16.0. The zero-order valence-electron chi connectivity index (χ0n) is 26.8. The van der Waals surface area contributed by atoms with Gasteiger partial charge in [-0.25, -0.2) is 0 Å². The van der Waals surface area contributed by atoms with Crippen LogP contribution in [0.5, 0.6) is 0 Å². The molecular formula is C42H34Cl2S2Zr. The van der Waals surface area contributed by atoms with Crippen LogP contribution in [0.25, 0.3) is 45.6 Å². The third kappa shape index (κ3) is 6.39. The topological polar surface area (TPSA) is 0 Å². The van der Waals surface area contributed by atoms with Crippen LogP contribution < -0.4 is 24.8 Å². The van der Waals surface area contributed by atoms with Crippen LogP contribution in [-0.4, -0.2) is 0 Å². The van der Waals surface area contributed by atoms with E-state index >= 15 is 0 Å². The Morgan fingerprint density at radius 1 is 0.468 bits per heavy atom. The van der Waals surface area contributed by atoms with E-state index in [2.05, 4.69) is 149 Å². The van der Waals surface area contributed by atoms with Crippen LogP contribution in [0, 0.1) is 27.7 Å². The van der Waals surface area contributed by atoms with Gasteiger partial charge in [0.15, 0.2) is 0 Å². The molecule has 0 amide bonds. The first-order valence-electron chi connectivity index (χ1n) is 15.7. The average molecular weight is 765 g/mol. The first-order valence-corrected chi connectivity index (χ1v) is 20.1. The molecule has 0 aliphatic heterocycles. The van der Waals surface area contributed by atoms with Gasteiger partial charge in [0, 0.05) is 0 Å². The number of thiophene rings is 2. The van der Waals surface area contributed by atoms with E-state index in [1.54, 1.807) is 11.1 Å². The van der Waals surface area contributed by atoms with Crippen molar-refractivity contribution in [3.63, 3.8) is 0 Å². The first kappa shape index (κ1) is 34.1. The van der Waals surface area contributed by atoms with E-state index in [1.165, 1.54) is 75.1 Å². The Labute approximate surface area is 310 Å². The molecule has 0 saturated carbocycles. The van der Waals surface area contributed by atoms with Gasteiger partial charge in [0.25, 0.3) is 0 Å². The Hall–Kier alpha value is -2.78. The molecular weight excluding hydrogens is 731 g/mol. The first-order chi connectivity index (χ1) is 21.9. The molecule has 5 heteroatoms. The molecule has 4 aromatic carbocycles. The standard InChI is InChI=1S/2C21H17S.2ClH.Zr/c2*1-14-6-9-16(10-7-14)19-5-3-4-17-12-18(13-20(17)19)21-11-8-15(2)22-21;;;/h2*3-13H,1-2H3;2*1H;/q;;;;+2/p-2. The molecule has 232 valence electrons. The van der Waals surface area contributed by atoms with Crippen molar-refractivity contribution in [2.24, 2.45) is 0 Å². The fraction of sp³-hybridized carbons (Fsp3) is 0.143. The Balaban J connectivity index is 0.00000193. The summed E-state index contributed by atoms with van der Waals surface area (Å²) >= 11 is 2.76. The van der Waals surface area contributed by atoms with Crippen LogP contribution in [-0.2, 0) is 23.2 Å². The monoisotopic (exact) mass is 762 g/mol. The molecule has 2 aliphatic carbocycles. The molecule has 0 radical (unpaired) electrons. The maximum Gasteiger partial charge on any atom is -1.00 e. The van der Waals surface area contributed by atoms with Gasteiger partial charge in [-0.15, -0.1) is 0 Å². The molecule has 0 N–H and O–H groups in total. The molecule has 2 unspecified atom stereocenters. The molecule has 2 atom stereocenters. The summed E-state index contributed by atoms with van der Waals surface area (Å²) in [5.74, 6) is 0. The summed E-state index contributed by atoms with van der Waals surface area (Å²) in [6.45, 7) is 8.82. The van der Waals surface area contributed by atoms with Gasteiger partial charge in [0.2, 0.25) is 0 Å². The molecule has 2 aliphatic rings. The van der Waals surface area contributed by atoms with Crippen molar-refractivity contribution in [1.82, 2.24) is 0 Å². The van der Waals surface area contributed by atoms with E-state index in [0.29, 0.717) is 7.25 Å². The molecule has 2 heterocycles. The van der Waals surface area contributed by atoms with Crippen molar-refractivity contribution in [1.29, 1.82) is 0 Å². The Kier molecular flexibility index (Phi) is 10.1. The molecule has 0 fully saturated rings. The van der Waals surface area contributed by atoms with Gasteiger partial charge in [0.05, 0.1) is 0 Å². The minimum Gasteiger partial charge on any atom is -1.00 e. The number of hydrogen-bond acceptors (Lipinski definition) is 2. The van der Waals surface area contributed by atoms with Gasteiger partial charge >= 0.3 is 288 Å². The predicted molar refractivity (Wildman–Crippen MR) is 193 cm³/mol. The maximum atomic E-state index is 2.55. The molecule has 8 rings (SSSR count). The Bertz CT molecular complexity index is 1980. The molecule has 0 spiro atoms. The summed E-state index contributed by atoms with van der Waals surface area (Å²) in [6.07, 6.45) is 5.11. The summed E-state index contributed by atoms with van der Waals surface area (Å²) in [6, 6.07) is 41.6. The second-order valence-electron chi connectivity index (χ2n) is 12.4. The second-order valence-corrected chi connectivity index (χ2v) is 18.6. The van der Waals surface area contributed by atoms with Gasteiger partial charge in [-0.2, -0.15) is 0 Å². The number of aryl methyl sites for hydroxylation is 4. The molecule has 0 nitrogen and oxygen atoms in total. The van der Waals surface area contributed by atoms with Crippen molar-refractivity contribution < 1.29 is 48.0 Å². The van der Waals surface area contributed by atoms with E-state index in [9.17, 15) is 0 Å². The fourth-order valence-electron chi connectivity index (χ4n) is 6.91. The number of rotatable bonds is 6. The normalized spacial score (nSPS) is 15.9. The minimum absolute atomic E-state index is 0. The van der Waals surface area contributed by atoms with Crippen LogP contribution in [0.3, 0.4) is 0 Å². The van der Waals surface area contributed by atoms with Crippen LogP contribution in [0.1, 0.15) is 60.1 Å². The molecule has 0 saturated heterocycles. The number of benzene rings is 4. The average Bonchev–Trinajstić information content (AvgIpc) is 3.84. The minimum atomic E-state index is -1.15. The largest absolute Gasteiger partial charge is 1.00 e. The smallest absolute Gasteiger partial charge is 1.00 e. The van der Waals surface area contributed by atoms with Gasteiger partial charge in [0.1, 0.15) is 0 Å². The van der Waals surface area contributed by atoms with Crippen LogP contribution >= 0.6 is 22.7 Å². The molecule has 2 aromatic heterocycles. The van der Waals surface area contributed by atoms with Gasteiger partial charge in [-0.1, -0.05) is 0 Å². The van der Waals surface area contributed by atoms with E-state index in [-0.39, 0.29) is 24.8 Å². The van der Waals surface area contributed by atoms with E-state index < -0.39 is 23.2 Å². The van der Waals surface area contributed by atoms with Crippen molar-refractivity contribution in [3.8, 4) is 22.3 Å². The summed E-state index contributed by atoms with van der Waals surface area (Å²) in [5.41, 5.74) is 16.9. The van der Waals surface area contributed by atoms with E-state index in [4.69, 9.17) is 0 Å². The van der Waals surface area contributed by atoms with Crippen molar-refractivity contribution >= 4 is 46.0 Å². The van der Waals surface area contributed by atoms with Crippen LogP contribution in [0.2, 0.25) is 0 Å². The summed E-state index contributed by atoms with van der Waals surface area (Å²) in [5, 5.41) is 0. The van der Waals surface area contributed by atoms with E-state index in [1.807, 2.05) is 22.7 Å². The van der Waals surface area contributed by atoms with Gasteiger partial charge < -0.3 is 24.8 Å². The van der Waals surface area contributed by atoms with Crippen LogP contribution in [0.15, 0.2) is 109 Å². The summed E-state index contributed by atoms with van der Waals surface area (Å²) in [4.78, 5) is 5.64. The van der Waals surface area contributed by atoms with Crippen molar-refractivity contribution in [2.75, 3.05) is 0 Å². The quantitative estimate of drug-likeness (QED) is 0.186. The maximum absolute atomic E-state index is 2.55. The number of allylic oxidation sites excluding steroid dienone is 2. The molecule has 0 bridgehead atoms. The van der Waals surface area contributed by atoms with Crippen molar-refractivity contribution in [3.05, 3.63) is 162 Å². The Morgan fingerprint density at radius 2 is 0.872 bits per heavy atom. The molecule has 6 aromatic rings. The van der Waals surface area contributed by atoms with Gasteiger partial charge in [-0.05, 0) is 0 Å². The predicted octanol–water partition coefficient (Wildman–Crippen LogP) is 6.36. The number of fused-ring (bicyclic) bond motifs is 2. The summed E-state index contributed by atoms with van der Waals surface area (Å²) in [7, 11) is 0. The Morgan fingerprint density at radius 3 is 1.23 bits per heavy atom. The fourth-order valence-corrected chi connectivity index (χ4v) is 14.2. The van der Waals surface area contributed by atoms with Crippen molar-refractivity contribution in [2.45, 2.75) is 34.9 Å². The SMILES string of the molecule is Cc1ccc(-c2cccc3c2C=C(c2ccc(C)s2)[CH]3[Zr+2][CH]2C(c3ccc(C)s3)=Cc3c(-c4ccc(C)cc4)cccc32)cc1.[Cl-].[Cl-]. The second kappa shape index (κ2) is 14.0. The number of hydrogen-bond donors (Lipinski definition) is 0. The zero-order valence-corrected chi connectivity index (χ0v) is 32.4. The summed E-state index contributed by atoms with van der Waals surface area (Å²) < 4.78 is 0.964. The zero-order chi connectivity index (χ0) is 30.7. The molecule has 47 heavy (non-hydrogen) atoms. The van der Waals surface area contributed by atoms with Gasteiger partial charge in [-0.3, -0.25) is 0 Å². The number of halogens is 2. The third-order valence-electron chi connectivity index (χ3n) is 9.23. The van der Waals surface area contributed by atoms with E-state index in [0.717, 1.165) is 0 Å². The van der Waals surface area contributed by atoms with Crippen LogP contribution in [0.4, 0.5) is 0 Å².